The highest BCUT2D eigenvalue weighted by atomic mass is 16.6. The molecule has 0 radical (unpaired) electrons. The van der Waals surface area contributed by atoms with Gasteiger partial charge in [-0.3, -0.25) is 15.1 Å². The number of nitro groups is 1. The topological polar surface area (TPSA) is 68.5 Å². The van der Waals surface area contributed by atoms with E-state index in [1.165, 1.54) is 7.11 Å². The van der Waals surface area contributed by atoms with E-state index in [0.29, 0.717) is 0 Å². The molecule has 0 atom stereocenters. The van der Waals surface area contributed by atoms with Crippen molar-refractivity contribution < 1.29 is 9.66 Å². The number of hydrogen-bond donors (Lipinski definition) is 0. The lowest BCUT2D eigenvalue weighted by molar-refractivity contribution is -0.385. The summed E-state index contributed by atoms with van der Waals surface area (Å²) in [6.45, 7) is 5.04. The molecule has 6 nitrogen and oxygen atoms in total. The van der Waals surface area contributed by atoms with Crippen LogP contribution in [0.1, 0.15) is 19.5 Å². The first-order valence-electron chi connectivity index (χ1n) is 7.60. The third-order valence-electron chi connectivity index (χ3n) is 4.20. The van der Waals surface area contributed by atoms with E-state index in [0.717, 1.165) is 35.5 Å². The first kappa shape index (κ1) is 15.3. The molecule has 0 unspecified atom stereocenters. The summed E-state index contributed by atoms with van der Waals surface area (Å²) in [6.07, 6.45) is 2.57. The summed E-state index contributed by atoms with van der Waals surface area (Å²) in [5.74, 6) is 0.284. The Morgan fingerprint density at radius 1 is 1.35 bits per heavy atom. The number of pyridine rings is 1. The number of hydrogen-bond acceptors (Lipinski definition) is 5. The fourth-order valence-electron chi connectivity index (χ4n) is 3.08. The van der Waals surface area contributed by atoms with Gasteiger partial charge in [0.2, 0.25) is 0 Å². The quantitative estimate of drug-likeness (QED) is 0.641. The van der Waals surface area contributed by atoms with Crippen LogP contribution in [0.4, 0.5) is 11.4 Å². The number of nitro benzene ring substituents is 1. The van der Waals surface area contributed by atoms with Crippen molar-refractivity contribution >= 4 is 11.4 Å². The van der Waals surface area contributed by atoms with Crippen molar-refractivity contribution in [1.82, 2.24) is 4.98 Å². The second-order valence-electron chi connectivity index (χ2n) is 5.83. The molecule has 0 saturated heterocycles. The van der Waals surface area contributed by atoms with Crippen LogP contribution in [0.25, 0.3) is 11.1 Å². The van der Waals surface area contributed by atoms with Gasteiger partial charge >= 0.3 is 5.69 Å². The van der Waals surface area contributed by atoms with Gasteiger partial charge in [0.05, 0.1) is 12.0 Å². The molecule has 0 amide bonds. The summed E-state index contributed by atoms with van der Waals surface area (Å²) < 4.78 is 5.25. The Labute approximate surface area is 134 Å². The number of ether oxygens (including phenoxy) is 1. The van der Waals surface area contributed by atoms with E-state index >= 15 is 0 Å². The van der Waals surface area contributed by atoms with Gasteiger partial charge in [-0.2, -0.15) is 0 Å². The molecule has 0 fully saturated rings. The van der Waals surface area contributed by atoms with Crippen molar-refractivity contribution in [3.63, 3.8) is 0 Å². The zero-order valence-electron chi connectivity index (χ0n) is 13.4. The number of benzene rings is 1. The number of fused-ring (bicyclic) bond motifs is 3. The lowest BCUT2D eigenvalue weighted by Gasteiger charge is -2.29. The molecule has 0 saturated carbocycles. The molecule has 3 rings (SSSR count). The Hall–Kier alpha value is -2.63. The van der Waals surface area contributed by atoms with E-state index < -0.39 is 4.92 Å². The summed E-state index contributed by atoms with van der Waals surface area (Å²) >= 11 is 0. The fraction of sp³-hybridized carbons (Fsp3) is 0.353. The van der Waals surface area contributed by atoms with Crippen molar-refractivity contribution in [1.29, 1.82) is 0 Å². The first-order chi connectivity index (χ1) is 11.0. The average Bonchev–Trinajstić information content (AvgIpc) is 2.70. The van der Waals surface area contributed by atoms with E-state index in [2.05, 4.69) is 23.7 Å². The minimum Gasteiger partial charge on any atom is -0.490 e. The third-order valence-corrected chi connectivity index (χ3v) is 4.20. The largest absolute Gasteiger partial charge is 0.490 e. The van der Waals surface area contributed by atoms with Crippen LogP contribution in [0.2, 0.25) is 0 Å². The smallest absolute Gasteiger partial charge is 0.311 e. The molecule has 23 heavy (non-hydrogen) atoms. The van der Waals surface area contributed by atoms with Gasteiger partial charge in [0.25, 0.3) is 0 Å². The van der Waals surface area contributed by atoms with Crippen molar-refractivity contribution in [2.75, 3.05) is 18.6 Å². The summed E-state index contributed by atoms with van der Waals surface area (Å²) in [7, 11) is 1.46. The van der Waals surface area contributed by atoms with Crippen LogP contribution in [0.5, 0.6) is 5.75 Å². The molecule has 0 spiro atoms. The predicted octanol–water partition coefficient (Wildman–Crippen LogP) is 3.44. The van der Waals surface area contributed by atoms with Crippen molar-refractivity contribution in [3.8, 4) is 16.9 Å². The Kier molecular flexibility index (Phi) is 3.90. The number of rotatable bonds is 3. The highest BCUT2D eigenvalue weighted by Gasteiger charge is 2.27. The molecule has 0 bridgehead atoms. The lowest BCUT2D eigenvalue weighted by atomic mass is 10.0. The van der Waals surface area contributed by atoms with Crippen molar-refractivity contribution in [3.05, 3.63) is 46.3 Å². The first-order valence-corrected chi connectivity index (χ1v) is 7.60. The van der Waals surface area contributed by atoms with Crippen LogP contribution in [-0.4, -0.2) is 29.6 Å². The second-order valence-corrected chi connectivity index (χ2v) is 5.83. The number of nitrogens with zero attached hydrogens (tertiary/aromatic N) is 3. The van der Waals surface area contributed by atoms with Crippen LogP contribution in [0.15, 0.2) is 30.5 Å². The predicted molar refractivity (Wildman–Crippen MR) is 89.1 cm³/mol. The van der Waals surface area contributed by atoms with E-state index in [1.807, 2.05) is 12.1 Å². The standard InChI is InChI=1S/C17H19N3O3/c1-11(2)19-8-6-14-12(5-4-7-18-14)13-9-16(20(21)22)17(23-3)10-15(13)19/h4-5,7,9-11H,6,8H2,1-3H3. The van der Waals surface area contributed by atoms with E-state index in [-0.39, 0.29) is 17.5 Å². The Bertz CT molecular complexity index is 759. The molecule has 1 aliphatic rings. The average molecular weight is 313 g/mol. The van der Waals surface area contributed by atoms with Crippen LogP contribution in [0, 0.1) is 10.1 Å². The highest BCUT2D eigenvalue weighted by Crippen LogP contribution is 2.43. The molecule has 1 aromatic heterocycles. The molecule has 120 valence electrons. The molecule has 1 aliphatic heterocycles. The van der Waals surface area contributed by atoms with Gasteiger partial charge < -0.3 is 9.64 Å². The molecule has 0 N–H and O–H groups in total. The summed E-state index contributed by atoms with van der Waals surface area (Å²) in [6, 6.07) is 7.49. The molecule has 1 aromatic carbocycles. The number of aromatic nitrogens is 1. The Morgan fingerprint density at radius 3 is 2.78 bits per heavy atom. The van der Waals surface area contributed by atoms with Crippen LogP contribution < -0.4 is 9.64 Å². The SMILES string of the molecule is COc1cc2c(cc1[N+](=O)[O-])-c1cccnc1CCN2C(C)C. The summed E-state index contributed by atoms with van der Waals surface area (Å²) in [5, 5.41) is 11.4. The van der Waals surface area contributed by atoms with Gasteiger partial charge in [-0.1, -0.05) is 6.07 Å². The van der Waals surface area contributed by atoms with Crippen LogP contribution in [0.3, 0.4) is 0 Å². The number of anilines is 1. The Morgan fingerprint density at radius 2 is 2.13 bits per heavy atom. The van der Waals surface area contributed by atoms with Gasteiger partial charge in [-0.25, -0.2) is 0 Å². The van der Waals surface area contributed by atoms with Crippen LogP contribution >= 0.6 is 0 Å². The zero-order chi connectivity index (χ0) is 16.6. The maximum absolute atomic E-state index is 11.4. The molecule has 6 heteroatoms. The van der Waals surface area contributed by atoms with Gasteiger partial charge in [0.1, 0.15) is 0 Å². The van der Waals surface area contributed by atoms with Crippen molar-refractivity contribution in [2.24, 2.45) is 0 Å². The minimum atomic E-state index is -0.403. The molecule has 2 heterocycles. The maximum atomic E-state index is 11.4. The maximum Gasteiger partial charge on any atom is 0.311 e. The summed E-state index contributed by atoms with van der Waals surface area (Å²) in [5.41, 5.74) is 3.69. The van der Waals surface area contributed by atoms with E-state index in [9.17, 15) is 10.1 Å². The van der Waals surface area contributed by atoms with Gasteiger partial charge in [-0.05, 0) is 19.9 Å². The van der Waals surface area contributed by atoms with Gasteiger partial charge in [0.15, 0.2) is 5.75 Å². The highest BCUT2D eigenvalue weighted by molar-refractivity contribution is 5.85. The van der Waals surface area contributed by atoms with E-state index in [4.69, 9.17) is 4.74 Å². The lowest BCUT2D eigenvalue weighted by Crippen LogP contribution is -2.32. The van der Waals surface area contributed by atoms with Crippen molar-refractivity contribution in [2.45, 2.75) is 26.3 Å². The Balaban J connectivity index is 2.31. The minimum absolute atomic E-state index is 0.0216. The monoisotopic (exact) mass is 313 g/mol. The third kappa shape index (κ3) is 2.60. The van der Waals surface area contributed by atoms with Gasteiger partial charge in [0, 0.05) is 59.8 Å². The van der Waals surface area contributed by atoms with E-state index in [1.54, 1.807) is 18.3 Å². The zero-order valence-corrected chi connectivity index (χ0v) is 13.4. The number of methoxy groups -OCH3 is 1. The normalized spacial score (nSPS) is 13.3. The molecular formula is C17H19N3O3. The molecule has 0 aliphatic carbocycles. The molecular weight excluding hydrogens is 294 g/mol. The molecule has 2 aromatic rings. The fourth-order valence-corrected chi connectivity index (χ4v) is 3.08. The second kappa shape index (κ2) is 5.87. The van der Waals surface area contributed by atoms with Gasteiger partial charge in [-0.15, -0.1) is 0 Å². The van der Waals surface area contributed by atoms with Crippen LogP contribution in [-0.2, 0) is 6.42 Å². The summed E-state index contributed by atoms with van der Waals surface area (Å²) in [4.78, 5) is 17.7.